The topological polar surface area (TPSA) is 80.9 Å². The number of nitrogens with zero attached hydrogens (tertiary/aromatic N) is 2. The van der Waals surface area contributed by atoms with Crippen molar-refractivity contribution in [2.24, 2.45) is 0 Å². The second kappa shape index (κ2) is 8.58. The number of aliphatic carboxylic acids is 1. The van der Waals surface area contributed by atoms with Crippen LogP contribution in [0.2, 0.25) is 0 Å². The molecular weight excluding hydrogens is 464 g/mol. The van der Waals surface area contributed by atoms with E-state index < -0.39 is 11.4 Å². The van der Waals surface area contributed by atoms with Gasteiger partial charge in [-0.05, 0) is 31.6 Å². The molecule has 2 N–H and O–H groups in total. The van der Waals surface area contributed by atoms with Gasteiger partial charge in [-0.25, -0.2) is 0 Å². The molecule has 2 aliphatic heterocycles. The summed E-state index contributed by atoms with van der Waals surface area (Å²) in [5, 5.41) is 20.7. The highest BCUT2D eigenvalue weighted by molar-refractivity contribution is 6.24. The van der Waals surface area contributed by atoms with Crippen molar-refractivity contribution in [1.29, 1.82) is 0 Å². The number of benzene rings is 2. The van der Waals surface area contributed by atoms with E-state index in [4.69, 9.17) is 0 Å². The number of hydrogen-bond acceptors (Lipinski definition) is 4. The first kappa shape index (κ1) is 24.8. The van der Waals surface area contributed by atoms with Crippen LogP contribution in [0.1, 0.15) is 52.2 Å². The van der Waals surface area contributed by atoms with Crippen LogP contribution in [0, 0.1) is 0 Å². The van der Waals surface area contributed by atoms with E-state index in [2.05, 4.69) is 37.5 Å². The summed E-state index contributed by atoms with van der Waals surface area (Å²) in [5.74, 6) is -1.24. The van der Waals surface area contributed by atoms with Crippen molar-refractivity contribution >= 4 is 28.8 Å². The Labute approximate surface area is 217 Å². The van der Waals surface area contributed by atoms with E-state index in [1.807, 2.05) is 56.3 Å². The number of carboxylic acid groups (broad SMARTS) is 1. The molecule has 190 valence electrons. The predicted molar refractivity (Wildman–Crippen MR) is 145 cm³/mol. The van der Waals surface area contributed by atoms with E-state index in [-0.39, 0.29) is 29.1 Å². The normalized spacial score (nSPS) is 21.5. The Morgan fingerprint density at radius 2 is 1.62 bits per heavy atom. The zero-order valence-electron chi connectivity index (χ0n) is 22.0. The number of hydrogen-bond donors (Lipinski definition) is 2. The Balaban J connectivity index is 1.59. The van der Waals surface area contributed by atoms with E-state index in [1.54, 1.807) is 11.0 Å². The third-order valence-corrected chi connectivity index (χ3v) is 7.90. The van der Waals surface area contributed by atoms with Crippen LogP contribution < -0.4 is 4.90 Å². The van der Waals surface area contributed by atoms with Crippen LogP contribution in [-0.2, 0) is 20.4 Å². The predicted octanol–water partition coefficient (Wildman–Crippen LogP) is 5.56. The lowest BCUT2D eigenvalue weighted by atomic mass is 9.77. The maximum absolute atomic E-state index is 13.4. The Bertz CT molecular complexity index is 1470. The minimum Gasteiger partial charge on any atom is -0.506 e. The standard InChI is InChI=1S/C31H32N2O4/c1-6-15-32-23-13-9-7-11-21(23)30(2,3)25(32)16-19-28(36)20(29(19)37)17-26-31(4,5)22-12-8-10-14-24(22)33(26)18-27(34)35/h7-14,16-17H,6,15,18H2,1-5H3,(H-,34,35,36,37)/p+1. The quantitative estimate of drug-likeness (QED) is 0.403. The summed E-state index contributed by atoms with van der Waals surface area (Å²) < 4.78 is 2.24. The van der Waals surface area contributed by atoms with Crippen molar-refractivity contribution in [3.05, 3.63) is 94.4 Å². The first-order valence-electron chi connectivity index (χ1n) is 12.8. The second-order valence-electron chi connectivity index (χ2n) is 11.0. The molecule has 37 heavy (non-hydrogen) atoms. The third-order valence-electron chi connectivity index (χ3n) is 7.90. The van der Waals surface area contributed by atoms with Gasteiger partial charge in [0, 0.05) is 40.9 Å². The Kier molecular flexibility index (Phi) is 5.74. The molecule has 6 nitrogen and oxygen atoms in total. The molecule has 0 unspecified atom stereocenters. The van der Waals surface area contributed by atoms with Crippen molar-refractivity contribution in [1.82, 2.24) is 0 Å². The molecule has 0 bridgehead atoms. The zero-order chi connectivity index (χ0) is 26.7. The van der Waals surface area contributed by atoms with Gasteiger partial charge in [0.1, 0.15) is 18.8 Å². The van der Waals surface area contributed by atoms with Crippen LogP contribution in [0.3, 0.4) is 0 Å². The number of allylic oxidation sites excluding steroid dienone is 5. The first-order valence-corrected chi connectivity index (χ1v) is 12.8. The lowest BCUT2D eigenvalue weighted by Crippen LogP contribution is -2.33. The van der Waals surface area contributed by atoms with Gasteiger partial charge in [-0.1, -0.05) is 57.2 Å². The van der Waals surface area contributed by atoms with E-state index in [9.17, 15) is 19.8 Å². The molecule has 0 fully saturated rings. The average molecular weight is 498 g/mol. The zero-order valence-corrected chi connectivity index (χ0v) is 22.0. The van der Waals surface area contributed by atoms with Gasteiger partial charge in [0.05, 0.1) is 16.6 Å². The molecular formula is C31H33N2O4+. The number of anilines is 1. The van der Waals surface area contributed by atoms with Crippen LogP contribution in [0.5, 0.6) is 0 Å². The number of Topliss-reactive ketones (excluding diaryl/α,β-unsaturated/α-hetero) is 1. The molecule has 0 saturated heterocycles. The summed E-state index contributed by atoms with van der Waals surface area (Å²) in [5.41, 5.74) is 5.45. The summed E-state index contributed by atoms with van der Waals surface area (Å²) in [6, 6.07) is 15.9. The van der Waals surface area contributed by atoms with Crippen LogP contribution in [-0.4, -0.2) is 45.3 Å². The van der Waals surface area contributed by atoms with Gasteiger partial charge < -0.3 is 15.1 Å². The smallest absolute Gasteiger partial charge is 0.323 e. The van der Waals surface area contributed by atoms with Gasteiger partial charge in [0.2, 0.25) is 11.5 Å². The van der Waals surface area contributed by atoms with Gasteiger partial charge in [-0.2, -0.15) is 4.58 Å². The molecule has 0 amide bonds. The molecule has 1 aliphatic carbocycles. The van der Waals surface area contributed by atoms with Gasteiger partial charge in [-0.15, -0.1) is 0 Å². The number of fused-ring (bicyclic) bond motifs is 2. The maximum atomic E-state index is 13.4. The fourth-order valence-corrected chi connectivity index (χ4v) is 5.96. The third kappa shape index (κ3) is 3.66. The van der Waals surface area contributed by atoms with Crippen molar-refractivity contribution < 1.29 is 24.4 Å². The summed E-state index contributed by atoms with van der Waals surface area (Å²) in [6.45, 7) is 11.0. The van der Waals surface area contributed by atoms with E-state index in [1.165, 1.54) is 5.56 Å². The van der Waals surface area contributed by atoms with Gasteiger partial charge in [-0.3, -0.25) is 9.59 Å². The molecule has 0 spiro atoms. The van der Waals surface area contributed by atoms with Gasteiger partial charge >= 0.3 is 5.97 Å². The molecule has 2 aromatic rings. The summed E-state index contributed by atoms with van der Waals surface area (Å²) in [6.07, 6.45) is 4.44. The van der Waals surface area contributed by atoms with Crippen molar-refractivity contribution in [2.75, 3.05) is 18.0 Å². The largest absolute Gasteiger partial charge is 0.506 e. The fourth-order valence-electron chi connectivity index (χ4n) is 5.96. The Hall–Kier alpha value is -3.93. The molecule has 2 aromatic carbocycles. The van der Waals surface area contributed by atoms with Crippen molar-refractivity contribution in [3.8, 4) is 0 Å². The lowest BCUT2D eigenvalue weighted by molar-refractivity contribution is -0.437. The minimum absolute atomic E-state index is 0.0461. The molecule has 3 aliphatic rings. The number of carbonyl (C=O) groups excluding carboxylic acids is 1. The second-order valence-corrected chi connectivity index (χ2v) is 11.0. The molecule has 0 atom stereocenters. The molecule has 6 heteroatoms. The van der Waals surface area contributed by atoms with Gasteiger partial charge in [0.25, 0.3) is 0 Å². The number of aliphatic hydroxyl groups excluding tert-OH is 1. The van der Waals surface area contributed by atoms with E-state index in [0.29, 0.717) is 11.3 Å². The number of ketones is 1. The summed E-state index contributed by atoms with van der Waals surface area (Å²) in [4.78, 5) is 26.8. The monoisotopic (exact) mass is 497 g/mol. The Morgan fingerprint density at radius 3 is 2.27 bits per heavy atom. The number of carbonyl (C=O) groups is 2. The first-order chi connectivity index (χ1) is 17.5. The van der Waals surface area contributed by atoms with Crippen LogP contribution in [0.25, 0.3) is 0 Å². The van der Waals surface area contributed by atoms with Gasteiger partial charge in [0.15, 0.2) is 5.71 Å². The molecule has 0 aromatic heterocycles. The number of rotatable bonds is 6. The van der Waals surface area contributed by atoms with Crippen LogP contribution in [0.4, 0.5) is 11.4 Å². The van der Waals surface area contributed by atoms with E-state index >= 15 is 0 Å². The molecule has 0 radical (unpaired) electrons. The summed E-state index contributed by atoms with van der Waals surface area (Å²) >= 11 is 0. The molecule has 2 heterocycles. The van der Waals surface area contributed by atoms with Crippen molar-refractivity contribution in [3.63, 3.8) is 0 Å². The Morgan fingerprint density at radius 1 is 0.973 bits per heavy atom. The highest BCUT2D eigenvalue weighted by Gasteiger charge is 2.47. The highest BCUT2D eigenvalue weighted by atomic mass is 16.4. The fraction of sp³-hybridized carbons (Fsp3) is 0.323. The van der Waals surface area contributed by atoms with Crippen LogP contribution >= 0.6 is 0 Å². The molecule has 5 rings (SSSR count). The number of aliphatic hydroxyl groups is 1. The highest BCUT2D eigenvalue weighted by Crippen LogP contribution is 2.49. The SMILES string of the molecule is CCC[N+]1=C(C=C2C(=O)C(C=C3N(CC(=O)O)c4ccccc4C3(C)C)=C2O)C(C)(C)c2ccccc21. The number of carboxylic acids is 1. The molecule has 0 saturated carbocycles. The lowest BCUT2D eigenvalue weighted by Gasteiger charge is -2.28. The number of para-hydroxylation sites is 2. The summed E-state index contributed by atoms with van der Waals surface area (Å²) in [7, 11) is 0. The minimum atomic E-state index is -0.965. The van der Waals surface area contributed by atoms with Crippen LogP contribution in [0.15, 0.2) is 83.3 Å². The van der Waals surface area contributed by atoms with Crippen molar-refractivity contribution in [2.45, 2.75) is 51.9 Å². The van der Waals surface area contributed by atoms with E-state index in [0.717, 1.165) is 35.6 Å². The average Bonchev–Trinajstić information content (AvgIpc) is 3.20. The maximum Gasteiger partial charge on any atom is 0.323 e.